The number of hydrogen-bond donors (Lipinski definition) is 3. The number of furan rings is 1. The molecule has 0 unspecified atom stereocenters. The summed E-state index contributed by atoms with van der Waals surface area (Å²) in [4.78, 5) is 11.2. The molecule has 7 nitrogen and oxygen atoms in total. The van der Waals surface area contributed by atoms with E-state index in [1.165, 1.54) is 19.4 Å². The average molecular weight is 319 g/mol. The fourth-order valence-corrected chi connectivity index (χ4v) is 1.90. The Kier molecular flexibility index (Phi) is 4.74. The van der Waals surface area contributed by atoms with Crippen molar-refractivity contribution in [2.75, 3.05) is 7.11 Å². The second kappa shape index (κ2) is 6.72. The zero-order valence-electron chi connectivity index (χ0n) is 11.6. The van der Waals surface area contributed by atoms with Gasteiger partial charge in [0.05, 0.1) is 18.9 Å². The maximum absolute atomic E-state index is 11.2. The first kappa shape index (κ1) is 15.5. The SMILES string of the molecule is COc1c(C(=O)O)cccc1-c1ccc(/C=N/NC(N)=S)o1. The van der Waals surface area contributed by atoms with Crippen LogP contribution < -0.4 is 15.9 Å². The Morgan fingerprint density at radius 2 is 2.23 bits per heavy atom. The molecular weight excluding hydrogens is 306 g/mol. The van der Waals surface area contributed by atoms with E-state index in [0.29, 0.717) is 17.1 Å². The number of carboxylic acids is 1. The van der Waals surface area contributed by atoms with E-state index in [-0.39, 0.29) is 16.4 Å². The number of para-hydroxylation sites is 1. The van der Waals surface area contributed by atoms with Crippen molar-refractivity contribution < 1.29 is 19.1 Å². The molecule has 2 rings (SSSR count). The summed E-state index contributed by atoms with van der Waals surface area (Å²) in [5, 5.41) is 13.0. The maximum atomic E-state index is 11.2. The Bertz CT molecular complexity index is 739. The summed E-state index contributed by atoms with van der Waals surface area (Å²) >= 11 is 4.61. The Balaban J connectivity index is 2.35. The quantitative estimate of drug-likeness (QED) is 0.438. The lowest BCUT2D eigenvalue weighted by Crippen LogP contribution is -2.23. The highest BCUT2D eigenvalue weighted by molar-refractivity contribution is 7.80. The van der Waals surface area contributed by atoms with Crippen LogP contribution in [0.2, 0.25) is 0 Å². The average Bonchev–Trinajstić information content (AvgIpc) is 2.94. The number of ether oxygens (including phenoxy) is 1. The summed E-state index contributed by atoms with van der Waals surface area (Å²) in [6.45, 7) is 0. The van der Waals surface area contributed by atoms with Gasteiger partial charge < -0.3 is 20.0 Å². The topological polar surface area (TPSA) is 110 Å². The number of carbonyl (C=O) groups is 1. The first-order valence-corrected chi connectivity index (χ1v) is 6.52. The third-order valence-corrected chi connectivity index (χ3v) is 2.80. The van der Waals surface area contributed by atoms with E-state index in [2.05, 4.69) is 22.7 Å². The van der Waals surface area contributed by atoms with Gasteiger partial charge in [-0.2, -0.15) is 5.10 Å². The minimum atomic E-state index is -1.08. The molecule has 0 saturated carbocycles. The van der Waals surface area contributed by atoms with Gasteiger partial charge >= 0.3 is 5.97 Å². The first-order valence-electron chi connectivity index (χ1n) is 6.12. The normalized spacial score (nSPS) is 10.6. The monoisotopic (exact) mass is 319 g/mol. The Morgan fingerprint density at radius 1 is 1.45 bits per heavy atom. The highest BCUT2D eigenvalue weighted by atomic mass is 32.1. The summed E-state index contributed by atoms with van der Waals surface area (Å²) in [7, 11) is 1.41. The molecule has 0 amide bonds. The predicted octanol–water partition coefficient (Wildman–Crippen LogP) is 1.82. The number of carboxylic acid groups (broad SMARTS) is 1. The van der Waals surface area contributed by atoms with Gasteiger partial charge in [0.2, 0.25) is 0 Å². The molecule has 0 aliphatic heterocycles. The number of hydrazone groups is 1. The van der Waals surface area contributed by atoms with E-state index in [0.717, 1.165) is 0 Å². The number of nitrogens with zero attached hydrogens (tertiary/aromatic N) is 1. The summed E-state index contributed by atoms with van der Waals surface area (Å²) in [6, 6.07) is 8.14. The molecule has 8 heteroatoms. The molecule has 0 saturated heterocycles. The lowest BCUT2D eigenvalue weighted by atomic mass is 10.1. The van der Waals surface area contributed by atoms with Crippen molar-refractivity contribution >= 4 is 29.5 Å². The van der Waals surface area contributed by atoms with Crippen LogP contribution in [0.25, 0.3) is 11.3 Å². The Labute approximate surface area is 131 Å². The molecule has 0 bridgehead atoms. The van der Waals surface area contributed by atoms with Crippen molar-refractivity contribution in [3.05, 3.63) is 41.7 Å². The van der Waals surface area contributed by atoms with E-state index < -0.39 is 5.97 Å². The number of hydrogen-bond acceptors (Lipinski definition) is 5. The lowest BCUT2D eigenvalue weighted by molar-refractivity contribution is 0.0693. The summed E-state index contributed by atoms with van der Waals surface area (Å²) < 4.78 is 10.8. The van der Waals surface area contributed by atoms with Crippen molar-refractivity contribution in [3.8, 4) is 17.1 Å². The second-order valence-electron chi connectivity index (χ2n) is 4.13. The molecule has 114 valence electrons. The molecule has 1 heterocycles. The van der Waals surface area contributed by atoms with Gasteiger partial charge in [0.15, 0.2) is 5.11 Å². The van der Waals surface area contributed by atoms with Crippen LogP contribution in [-0.4, -0.2) is 29.5 Å². The molecule has 4 N–H and O–H groups in total. The third-order valence-electron chi connectivity index (χ3n) is 2.71. The number of nitrogens with two attached hydrogens (primary N) is 1. The Morgan fingerprint density at radius 3 is 2.86 bits per heavy atom. The molecule has 2 aromatic rings. The standard InChI is InChI=1S/C14H13N3O4S/c1-20-12-9(3-2-4-10(12)13(18)19)11-6-5-8(21-11)7-16-17-14(15)22/h2-7H,1H3,(H,18,19)(H3,15,17,22)/b16-7+. The zero-order chi connectivity index (χ0) is 16.1. The van der Waals surface area contributed by atoms with Crippen molar-refractivity contribution in [1.82, 2.24) is 5.43 Å². The van der Waals surface area contributed by atoms with Crippen molar-refractivity contribution in [2.45, 2.75) is 0 Å². The van der Waals surface area contributed by atoms with Gasteiger partial charge in [0.25, 0.3) is 0 Å². The summed E-state index contributed by atoms with van der Waals surface area (Å²) in [5.41, 5.74) is 8.23. The van der Waals surface area contributed by atoms with Gasteiger partial charge in [-0.15, -0.1) is 0 Å². The minimum Gasteiger partial charge on any atom is -0.495 e. The number of nitrogens with one attached hydrogen (secondary N) is 1. The third kappa shape index (κ3) is 3.41. The molecule has 1 aromatic heterocycles. The Hall–Kier alpha value is -2.87. The summed E-state index contributed by atoms with van der Waals surface area (Å²) in [5.74, 6) is 0.0556. The zero-order valence-corrected chi connectivity index (χ0v) is 12.4. The number of thiocarbonyl (C=S) groups is 1. The van der Waals surface area contributed by atoms with Crippen LogP contribution in [0, 0.1) is 0 Å². The number of aromatic carboxylic acids is 1. The summed E-state index contributed by atoms with van der Waals surface area (Å²) in [6.07, 6.45) is 1.40. The number of methoxy groups -OCH3 is 1. The van der Waals surface area contributed by atoms with Crippen LogP contribution in [-0.2, 0) is 0 Å². The van der Waals surface area contributed by atoms with E-state index >= 15 is 0 Å². The van der Waals surface area contributed by atoms with Crippen LogP contribution in [0.1, 0.15) is 16.1 Å². The highest BCUT2D eigenvalue weighted by Crippen LogP contribution is 2.34. The van der Waals surface area contributed by atoms with Crippen LogP contribution in [0.4, 0.5) is 0 Å². The van der Waals surface area contributed by atoms with E-state index in [4.69, 9.17) is 14.9 Å². The van der Waals surface area contributed by atoms with Crippen LogP contribution in [0.3, 0.4) is 0 Å². The van der Waals surface area contributed by atoms with Gasteiger partial charge in [-0.1, -0.05) is 6.07 Å². The van der Waals surface area contributed by atoms with Crippen LogP contribution in [0.15, 0.2) is 39.9 Å². The van der Waals surface area contributed by atoms with E-state index in [9.17, 15) is 9.90 Å². The number of benzene rings is 1. The van der Waals surface area contributed by atoms with E-state index in [1.807, 2.05) is 0 Å². The van der Waals surface area contributed by atoms with E-state index in [1.54, 1.807) is 24.3 Å². The van der Waals surface area contributed by atoms with Gasteiger partial charge in [0, 0.05) is 0 Å². The fourth-order valence-electron chi connectivity index (χ4n) is 1.85. The van der Waals surface area contributed by atoms with Gasteiger partial charge in [-0.3, -0.25) is 5.43 Å². The maximum Gasteiger partial charge on any atom is 0.339 e. The first-order chi connectivity index (χ1) is 10.5. The molecule has 0 atom stereocenters. The highest BCUT2D eigenvalue weighted by Gasteiger charge is 2.17. The minimum absolute atomic E-state index is 0.0406. The smallest absolute Gasteiger partial charge is 0.339 e. The molecule has 0 radical (unpaired) electrons. The molecule has 0 aliphatic carbocycles. The molecule has 0 spiro atoms. The molecule has 1 aromatic carbocycles. The van der Waals surface area contributed by atoms with Crippen molar-refractivity contribution in [2.24, 2.45) is 10.8 Å². The molecule has 0 fully saturated rings. The lowest BCUT2D eigenvalue weighted by Gasteiger charge is -2.09. The van der Waals surface area contributed by atoms with Crippen molar-refractivity contribution in [1.29, 1.82) is 0 Å². The predicted molar refractivity (Wildman–Crippen MR) is 85.2 cm³/mol. The van der Waals surface area contributed by atoms with Gasteiger partial charge in [0.1, 0.15) is 22.8 Å². The van der Waals surface area contributed by atoms with Gasteiger partial charge in [-0.25, -0.2) is 4.79 Å². The molecule has 0 aliphatic rings. The van der Waals surface area contributed by atoms with Crippen molar-refractivity contribution in [3.63, 3.8) is 0 Å². The number of rotatable bonds is 5. The van der Waals surface area contributed by atoms with Crippen LogP contribution >= 0.6 is 12.2 Å². The van der Waals surface area contributed by atoms with Gasteiger partial charge in [-0.05, 0) is 36.5 Å². The van der Waals surface area contributed by atoms with Crippen LogP contribution in [0.5, 0.6) is 5.75 Å². The molecule has 22 heavy (non-hydrogen) atoms. The second-order valence-corrected chi connectivity index (χ2v) is 4.57. The largest absolute Gasteiger partial charge is 0.495 e. The molecular formula is C14H13N3O4S. The fraction of sp³-hybridized carbons (Fsp3) is 0.0714.